The van der Waals surface area contributed by atoms with Crippen LogP contribution in [0.2, 0.25) is 0 Å². The summed E-state index contributed by atoms with van der Waals surface area (Å²) in [5.74, 6) is -4.85. The summed E-state index contributed by atoms with van der Waals surface area (Å²) in [5.41, 5.74) is 12.4. The maximum atomic E-state index is 13.2. The predicted molar refractivity (Wildman–Crippen MR) is 136 cm³/mol. The van der Waals surface area contributed by atoms with Gasteiger partial charge in [0, 0.05) is 43.0 Å². The van der Waals surface area contributed by atoms with Gasteiger partial charge in [-0.25, -0.2) is 14.8 Å². The molecule has 0 aliphatic heterocycles. The zero-order chi connectivity index (χ0) is 28.8. The second kappa shape index (κ2) is 15.8. The van der Waals surface area contributed by atoms with E-state index < -0.39 is 60.2 Å². The summed E-state index contributed by atoms with van der Waals surface area (Å²) >= 11 is 0. The van der Waals surface area contributed by atoms with Crippen LogP contribution in [-0.4, -0.2) is 90.5 Å². The Bertz CT molecular complexity index is 1080. The van der Waals surface area contributed by atoms with Crippen molar-refractivity contribution in [1.29, 1.82) is 0 Å². The fourth-order valence-corrected chi connectivity index (χ4v) is 3.64. The van der Waals surface area contributed by atoms with Gasteiger partial charge in [-0.2, -0.15) is 0 Å². The number of nitrogens with zero attached hydrogens (tertiary/aromatic N) is 2. The van der Waals surface area contributed by atoms with Gasteiger partial charge in [-0.05, 0) is 25.8 Å². The number of carbonyl (C=O) groups excluding carboxylic acids is 3. The van der Waals surface area contributed by atoms with Crippen molar-refractivity contribution in [1.82, 2.24) is 35.9 Å². The Kier molecular flexibility index (Phi) is 12.5. The number of rotatable bonds is 18. The SMILES string of the molecule is NCCCCC(N)C(=O)NC(Cc1cnc[nH]1)C(=O)NC(CCC(=O)O)C(=O)NC(Cc1cnc[nH]1)C(=O)O. The summed E-state index contributed by atoms with van der Waals surface area (Å²) in [6.07, 6.45) is 6.26. The third-order valence-electron chi connectivity index (χ3n) is 5.79. The molecule has 2 aromatic rings. The highest BCUT2D eigenvalue weighted by molar-refractivity contribution is 5.94. The van der Waals surface area contributed by atoms with Crippen LogP contribution in [-0.2, 0) is 36.8 Å². The van der Waals surface area contributed by atoms with Gasteiger partial charge in [0.15, 0.2) is 0 Å². The molecule has 0 saturated carbocycles. The Hall–Kier alpha value is -4.31. The molecule has 4 atom stereocenters. The number of amides is 3. The monoisotopic (exact) mass is 549 g/mol. The number of imidazole rings is 2. The molecule has 16 heteroatoms. The predicted octanol–water partition coefficient (Wildman–Crippen LogP) is -2.22. The van der Waals surface area contributed by atoms with Crippen LogP contribution in [0.3, 0.4) is 0 Å². The highest BCUT2D eigenvalue weighted by Crippen LogP contribution is 2.06. The summed E-state index contributed by atoms with van der Waals surface area (Å²) in [6.45, 7) is 0.448. The lowest BCUT2D eigenvalue weighted by molar-refractivity contribution is -0.143. The average molecular weight is 550 g/mol. The van der Waals surface area contributed by atoms with Crippen molar-refractivity contribution in [2.75, 3.05) is 6.54 Å². The number of carboxylic acids is 2. The fraction of sp³-hybridized carbons (Fsp3) is 0.522. The maximum Gasteiger partial charge on any atom is 0.326 e. The van der Waals surface area contributed by atoms with Crippen LogP contribution in [0.5, 0.6) is 0 Å². The average Bonchev–Trinajstić information content (AvgIpc) is 3.59. The van der Waals surface area contributed by atoms with Crippen molar-refractivity contribution < 1.29 is 34.2 Å². The van der Waals surface area contributed by atoms with Crippen LogP contribution in [0.1, 0.15) is 43.5 Å². The molecule has 2 rings (SSSR count). The third kappa shape index (κ3) is 10.9. The second-order valence-electron chi connectivity index (χ2n) is 8.91. The highest BCUT2D eigenvalue weighted by Gasteiger charge is 2.31. The quantitative estimate of drug-likeness (QED) is 0.0898. The van der Waals surface area contributed by atoms with E-state index in [0.29, 0.717) is 37.2 Å². The summed E-state index contributed by atoms with van der Waals surface area (Å²) in [5, 5.41) is 26.0. The summed E-state index contributed by atoms with van der Waals surface area (Å²) in [7, 11) is 0. The Morgan fingerprint density at radius 3 is 1.85 bits per heavy atom. The van der Waals surface area contributed by atoms with Crippen molar-refractivity contribution >= 4 is 29.7 Å². The van der Waals surface area contributed by atoms with E-state index in [4.69, 9.17) is 16.6 Å². The summed E-state index contributed by atoms with van der Waals surface area (Å²) in [4.78, 5) is 75.1. The minimum absolute atomic E-state index is 0.0298. The van der Waals surface area contributed by atoms with Crippen LogP contribution < -0.4 is 27.4 Å². The van der Waals surface area contributed by atoms with Crippen molar-refractivity contribution in [3.8, 4) is 0 Å². The number of aromatic amines is 2. The minimum atomic E-state index is -1.41. The van der Waals surface area contributed by atoms with Crippen molar-refractivity contribution in [3.63, 3.8) is 0 Å². The van der Waals surface area contributed by atoms with E-state index in [0.717, 1.165) is 0 Å². The lowest BCUT2D eigenvalue weighted by atomic mass is 10.1. The largest absolute Gasteiger partial charge is 0.481 e. The van der Waals surface area contributed by atoms with Gasteiger partial charge in [0.1, 0.15) is 18.1 Å². The van der Waals surface area contributed by atoms with Crippen LogP contribution in [0.15, 0.2) is 25.0 Å². The van der Waals surface area contributed by atoms with Crippen LogP contribution in [0.4, 0.5) is 0 Å². The molecule has 3 amide bonds. The van der Waals surface area contributed by atoms with E-state index in [9.17, 15) is 29.1 Å². The first-order valence-corrected chi connectivity index (χ1v) is 12.4. The van der Waals surface area contributed by atoms with Gasteiger partial charge in [0.25, 0.3) is 0 Å². The first-order valence-electron chi connectivity index (χ1n) is 12.4. The number of unbranched alkanes of at least 4 members (excludes halogenated alkanes) is 1. The van der Waals surface area contributed by atoms with Gasteiger partial charge >= 0.3 is 11.9 Å². The van der Waals surface area contributed by atoms with Crippen LogP contribution in [0.25, 0.3) is 0 Å². The molecular weight excluding hydrogens is 514 g/mol. The van der Waals surface area contributed by atoms with Gasteiger partial charge in [-0.15, -0.1) is 0 Å². The molecule has 0 aromatic carbocycles. The smallest absolute Gasteiger partial charge is 0.326 e. The first kappa shape index (κ1) is 30.9. The Morgan fingerprint density at radius 1 is 0.795 bits per heavy atom. The van der Waals surface area contributed by atoms with Crippen LogP contribution in [0, 0.1) is 0 Å². The number of aromatic nitrogens is 4. The van der Waals surface area contributed by atoms with Crippen molar-refractivity contribution in [2.24, 2.45) is 11.5 Å². The molecule has 39 heavy (non-hydrogen) atoms. The third-order valence-corrected chi connectivity index (χ3v) is 5.79. The molecule has 2 aromatic heterocycles. The van der Waals surface area contributed by atoms with E-state index in [2.05, 4.69) is 35.9 Å². The molecule has 0 fully saturated rings. The molecule has 0 aliphatic rings. The van der Waals surface area contributed by atoms with Crippen LogP contribution >= 0.6 is 0 Å². The molecule has 0 aliphatic carbocycles. The number of carbonyl (C=O) groups is 5. The van der Waals surface area contributed by atoms with E-state index in [1.54, 1.807) is 0 Å². The first-order chi connectivity index (χ1) is 18.6. The van der Waals surface area contributed by atoms with Gasteiger partial charge < -0.3 is 47.6 Å². The molecule has 11 N–H and O–H groups in total. The van der Waals surface area contributed by atoms with E-state index in [-0.39, 0.29) is 19.3 Å². The molecule has 16 nitrogen and oxygen atoms in total. The fourth-order valence-electron chi connectivity index (χ4n) is 3.64. The second-order valence-corrected chi connectivity index (χ2v) is 8.91. The number of nitrogens with one attached hydrogen (secondary N) is 5. The normalized spacial score (nSPS) is 14.0. The molecule has 0 bridgehead atoms. The zero-order valence-corrected chi connectivity index (χ0v) is 21.3. The minimum Gasteiger partial charge on any atom is -0.481 e. The molecule has 0 spiro atoms. The molecule has 0 saturated heterocycles. The Balaban J connectivity index is 2.16. The number of H-pyrrole nitrogens is 2. The number of hydrogen-bond acceptors (Lipinski definition) is 9. The molecule has 214 valence electrons. The maximum absolute atomic E-state index is 13.2. The lowest BCUT2D eigenvalue weighted by Crippen LogP contribution is -2.57. The van der Waals surface area contributed by atoms with E-state index >= 15 is 0 Å². The number of carboxylic acid groups (broad SMARTS) is 2. The van der Waals surface area contributed by atoms with Gasteiger partial charge in [-0.3, -0.25) is 19.2 Å². The molecular formula is C23H35N9O7. The van der Waals surface area contributed by atoms with Gasteiger partial charge in [0.05, 0.1) is 18.7 Å². The topological polar surface area (TPSA) is 271 Å². The highest BCUT2D eigenvalue weighted by atomic mass is 16.4. The molecule has 0 radical (unpaired) electrons. The zero-order valence-electron chi connectivity index (χ0n) is 21.3. The summed E-state index contributed by atoms with van der Waals surface area (Å²) < 4.78 is 0. The lowest BCUT2D eigenvalue weighted by Gasteiger charge is -2.25. The van der Waals surface area contributed by atoms with Crippen molar-refractivity contribution in [3.05, 3.63) is 36.4 Å². The standard InChI is InChI=1S/C23H35N9O7/c24-6-2-1-3-15(25)20(35)31-17(7-13-9-26-11-28-13)22(37)30-16(4-5-19(33)34)21(36)32-18(23(38)39)8-14-10-27-12-29-14/h9-12,15-18H,1-8,24-25H2,(H,26,28)(H,27,29)(H,30,37)(H,31,35)(H,32,36)(H,33,34)(H,38,39). The van der Waals surface area contributed by atoms with Crippen molar-refractivity contribution in [2.45, 2.75) is 69.1 Å². The van der Waals surface area contributed by atoms with E-state index in [1.807, 2.05) is 0 Å². The van der Waals surface area contributed by atoms with Gasteiger partial charge in [-0.1, -0.05) is 6.42 Å². The van der Waals surface area contributed by atoms with E-state index in [1.165, 1.54) is 25.0 Å². The number of hydrogen-bond donors (Lipinski definition) is 9. The Labute approximate surface area is 223 Å². The molecule has 4 unspecified atom stereocenters. The Morgan fingerprint density at radius 2 is 1.33 bits per heavy atom. The number of nitrogens with two attached hydrogens (primary N) is 2. The van der Waals surface area contributed by atoms with Gasteiger partial charge in [0.2, 0.25) is 17.7 Å². The number of aliphatic carboxylic acids is 2. The molecule has 2 heterocycles. The summed E-state index contributed by atoms with van der Waals surface area (Å²) in [6, 6.07) is -4.89.